The van der Waals surface area contributed by atoms with E-state index in [2.05, 4.69) is 6.92 Å². The van der Waals surface area contributed by atoms with Gasteiger partial charge in [-0.2, -0.15) is 0 Å². The van der Waals surface area contributed by atoms with E-state index >= 15 is 0 Å². The second-order valence-corrected chi connectivity index (χ2v) is 12.7. The van der Waals surface area contributed by atoms with E-state index in [1.54, 1.807) is 26.0 Å². The van der Waals surface area contributed by atoms with Gasteiger partial charge in [-0.3, -0.25) is 4.79 Å². The van der Waals surface area contributed by atoms with Crippen LogP contribution in [0.2, 0.25) is 0 Å². The molecule has 4 fully saturated rings. The Morgan fingerprint density at radius 3 is 2.57 bits per heavy atom. The number of allylic oxidation sites excluding steroid dienone is 1. The van der Waals surface area contributed by atoms with Gasteiger partial charge in [0.1, 0.15) is 11.7 Å². The molecule has 7 nitrogen and oxygen atoms in total. The Morgan fingerprint density at radius 1 is 1.23 bits per heavy atom. The van der Waals surface area contributed by atoms with Crippen LogP contribution in [-0.2, 0) is 14.3 Å². The molecule has 7 heteroatoms. The number of carboxylic acid groups (broad SMARTS) is 1. The van der Waals surface area contributed by atoms with Crippen LogP contribution in [0.15, 0.2) is 23.3 Å². The third-order valence-electron chi connectivity index (χ3n) is 11.4. The van der Waals surface area contributed by atoms with E-state index in [1.807, 2.05) is 6.92 Å². The molecule has 0 aromatic heterocycles. The molecule has 1 aliphatic heterocycles. The summed E-state index contributed by atoms with van der Waals surface area (Å²) in [5, 5.41) is 43.8. The Labute approximate surface area is 207 Å². The average Bonchev–Trinajstić information content (AvgIpc) is 3.51. The standard InChI is InChI=1S/C28H40O7/c1-14(15(2)24(31)32)13-20(30)27(5,33)18-9-8-16-21-17(10-12-25(16,18)3)26(4)19(29)7-6-11-28(26,34)23-22(21)35-23/h6-7,16-18,20-23,30,33-34H,8-13H2,1-5H3,(H,31,32)/t16-,17-,18-,20+,21-,22-,23-,25-,26-,27+,28-/m0/s1. The molecule has 5 rings (SSSR count). The van der Waals surface area contributed by atoms with E-state index in [0.29, 0.717) is 12.0 Å². The van der Waals surface area contributed by atoms with Crippen LogP contribution >= 0.6 is 0 Å². The van der Waals surface area contributed by atoms with Gasteiger partial charge >= 0.3 is 5.97 Å². The molecule has 0 aromatic rings. The lowest BCUT2D eigenvalue weighted by Gasteiger charge is -2.60. The Bertz CT molecular complexity index is 1010. The Morgan fingerprint density at radius 2 is 1.91 bits per heavy atom. The first-order valence-electron chi connectivity index (χ1n) is 13.1. The zero-order valence-electron chi connectivity index (χ0n) is 21.5. The summed E-state index contributed by atoms with van der Waals surface area (Å²) in [5.74, 6) is -0.819. The minimum atomic E-state index is -1.39. The Balaban J connectivity index is 1.43. The summed E-state index contributed by atoms with van der Waals surface area (Å²) in [5.41, 5.74) is -2.91. The summed E-state index contributed by atoms with van der Waals surface area (Å²) in [7, 11) is 0. The topological polar surface area (TPSA) is 128 Å². The molecule has 0 radical (unpaired) electrons. The number of aliphatic carboxylic acids is 1. The molecule has 0 unspecified atom stereocenters. The molecule has 0 amide bonds. The van der Waals surface area contributed by atoms with Crippen LogP contribution in [0, 0.1) is 34.5 Å². The van der Waals surface area contributed by atoms with Crippen LogP contribution in [-0.4, -0.2) is 61.7 Å². The quantitative estimate of drug-likeness (QED) is 0.346. The summed E-state index contributed by atoms with van der Waals surface area (Å²) in [6, 6.07) is 0. The van der Waals surface area contributed by atoms with Crippen LogP contribution in [0.25, 0.3) is 0 Å². The molecule has 35 heavy (non-hydrogen) atoms. The molecule has 3 saturated carbocycles. The molecule has 0 bridgehead atoms. The predicted molar refractivity (Wildman–Crippen MR) is 128 cm³/mol. The Hall–Kier alpha value is -1.54. The summed E-state index contributed by atoms with van der Waals surface area (Å²) in [6.45, 7) is 9.05. The molecule has 11 atom stereocenters. The van der Waals surface area contributed by atoms with E-state index in [0.717, 1.165) is 25.7 Å². The fraction of sp³-hybridized carbons (Fsp3) is 0.786. The smallest absolute Gasteiger partial charge is 0.331 e. The van der Waals surface area contributed by atoms with Crippen molar-refractivity contribution >= 4 is 11.8 Å². The number of ketones is 1. The number of fused-ring (bicyclic) bond motifs is 8. The average molecular weight is 489 g/mol. The third kappa shape index (κ3) is 3.17. The number of epoxide rings is 1. The number of carboxylic acids is 1. The van der Waals surface area contributed by atoms with E-state index in [9.17, 15) is 30.0 Å². The van der Waals surface area contributed by atoms with Crippen molar-refractivity contribution in [3.8, 4) is 0 Å². The Kier molecular flexibility index (Phi) is 5.55. The van der Waals surface area contributed by atoms with Crippen molar-refractivity contribution in [3.05, 3.63) is 23.3 Å². The molecule has 1 heterocycles. The van der Waals surface area contributed by atoms with Gasteiger partial charge < -0.3 is 25.2 Å². The van der Waals surface area contributed by atoms with Gasteiger partial charge in [0, 0.05) is 5.57 Å². The first-order chi connectivity index (χ1) is 16.2. The van der Waals surface area contributed by atoms with Crippen LogP contribution in [0.4, 0.5) is 0 Å². The summed E-state index contributed by atoms with van der Waals surface area (Å²) in [6.07, 6.45) is 5.67. The number of aliphatic hydroxyl groups is 3. The lowest BCUT2D eigenvalue weighted by molar-refractivity contribution is -0.189. The summed E-state index contributed by atoms with van der Waals surface area (Å²) >= 11 is 0. The largest absolute Gasteiger partial charge is 0.478 e. The van der Waals surface area contributed by atoms with Crippen molar-refractivity contribution in [2.75, 3.05) is 0 Å². The molecule has 1 saturated heterocycles. The number of aliphatic hydroxyl groups excluding tert-OH is 1. The van der Waals surface area contributed by atoms with Crippen LogP contribution in [0.1, 0.15) is 73.1 Å². The van der Waals surface area contributed by atoms with Gasteiger partial charge in [0.2, 0.25) is 0 Å². The lowest BCUT2D eigenvalue weighted by atomic mass is 9.43. The molecule has 194 valence electrons. The lowest BCUT2D eigenvalue weighted by Crippen LogP contribution is -2.67. The van der Waals surface area contributed by atoms with Crippen molar-refractivity contribution in [2.24, 2.45) is 34.5 Å². The fourth-order valence-corrected chi connectivity index (χ4v) is 9.01. The van der Waals surface area contributed by atoms with Crippen molar-refractivity contribution in [2.45, 2.75) is 103 Å². The highest BCUT2D eigenvalue weighted by molar-refractivity contribution is 5.97. The number of hydrogen-bond donors (Lipinski definition) is 4. The second kappa shape index (κ2) is 7.73. The predicted octanol–water partition coefficient (Wildman–Crippen LogP) is 3.02. The van der Waals surface area contributed by atoms with Gasteiger partial charge in [0.05, 0.1) is 23.2 Å². The molecule has 5 aliphatic rings. The monoisotopic (exact) mass is 488 g/mol. The summed E-state index contributed by atoms with van der Waals surface area (Å²) in [4.78, 5) is 24.6. The fourth-order valence-electron chi connectivity index (χ4n) is 9.01. The third-order valence-corrected chi connectivity index (χ3v) is 11.4. The second-order valence-electron chi connectivity index (χ2n) is 12.7. The van der Waals surface area contributed by atoms with Gasteiger partial charge in [0.15, 0.2) is 5.78 Å². The van der Waals surface area contributed by atoms with Gasteiger partial charge in [-0.1, -0.05) is 18.6 Å². The maximum atomic E-state index is 13.2. The normalized spacial score (nSPS) is 49.1. The van der Waals surface area contributed by atoms with Crippen molar-refractivity contribution in [1.82, 2.24) is 0 Å². The van der Waals surface area contributed by atoms with Crippen molar-refractivity contribution < 1.29 is 34.8 Å². The minimum Gasteiger partial charge on any atom is -0.478 e. The van der Waals surface area contributed by atoms with Crippen molar-refractivity contribution in [3.63, 3.8) is 0 Å². The number of carbonyl (C=O) groups is 2. The van der Waals surface area contributed by atoms with E-state index in [1.165, 1.54) is 6.92 Å². The number of ether oxygens (including phenoxy) is 1. The zero-order chi connectivity index (χ0) is 25.7. The van der Waals surface area contributed by atoms with Crippen LogP contribution < -0.4 is 0 Å². The van der Waals surface area contributed by atoms with Crippen LogP contribution in [0.5, 0.6) is 0 Å². The highest BCUT2D eigenvalue weighted by Crippen LogP contribution is 2.72. The molecule has 0 aromatic carbocycles. The molecular formula is C28H40O7. The first-order valence-corrected chi connectivity index (χ1v) is 13.1. The number of carbonyl (C=O) groups excluding carboxylic acids is 1. The van der Waals surface area contributed by atoms with Gasteiger partial charge in [-0.25, -0.2) is 4.79 Å². The molecule has 0 spiro atoms. The summed E-state index contributed by atoms with van der Waals surface area (Å²) < 4.78 is 6.15. The molecular weight excluding hydrogens is 448 g/mol. The highest BCUT2D eigenvalue weighted by Gasteiger charge is 2.77. The van der Waals surface area contributed by atoms with Gasteiger partial charge in [-0.05, 0) is 101 Å². The molecule has 4 aliphatic carbocycles. The highest BCUT2D eigenvalue weighted by atomic mass is 16.6. The SMILES string of the molecule is CC(C[C@@H](O)[C@](C)(O)[C@H]1CC[C@H]2[C@@H]3[C@@H]4O[C@@H]4[C@@]4(O)CC=CC(=O)[C@]4(C)[C@H]3CC[C@]12C)=C(C)C(=O)O. The minimum absolute atomic E-state index is 0.00756. The number of hydrogen-bond acceptors (Lipinski definition) is 6. The first kappa shape index (κ1) is 25.1. The van der Waals surface area contributed by atoms with Crippen molar-refractivity contribution in [1.29, 1.82) is 0 Å². The zero-order valence-corrected chi connectivity index (χ0v) is 21.5. The molecule has 4 N–H and O–H groups in total. The maximum Gasteiger partial charge on any atom is 0.331 e. The van der Waals surface area contributed by atoms with Crippen LogP contribution in [0.3, 0.4) is 0 Å². The van der Waals surface area contributed by atoms with E-state index < -0.39 is 28.7 Å². The van der Waals surface area contributed by atoms with Gasteiger partial charge in [0.25, 0.3) is 0 Å². The maximum absolute atomic E-state index is 13.2. The van der Waals surface area contributed by atoms with E-state index in [4.69, 9.17) is 4.74 Å². The number of rotatable bonds is 5. The van der Waals surface area contributed by atoms with Gasteiger partial charge in [-0.15, -0.1) is 0 Å². The van der Waals surface area contributed by atoms with E-state index in [-0.39, 0.29) is 59.1 Å².